The number of nitrogens with one attached hydrogen (secondary N) is 2. The highest BCUT2D eigenvalue weighted by atomic mass is 32.2. The number of carbonyl (C=O) groups is 3. The number of esters is 1. The van der Waals surface area contributed by atoms with Gasteiger partial charge in [0, 0.05) is 34.8 Å². The number of aromatic amines is 1. The average Bonchev–Trinajstić information content (AvgIpc) is 3.50. The molecule has 9 nitrogen and oxygen atoms in total. The first kappa shape index (κ1) is 25.6. The first-order valence-corrected chi connectivity index (χ1v) is 12.7. The standard InChI is InChI=1S/C23H27N5O4S2/c1-3-32-23(31)21(19-12-11-18(34-19)13-20-25-27-28-26-20)24-22(30)17(14-33-15(2)29)10-9-16-7-5-4-6-8-16/h4-8,11-12,17,21H,3,9-10,13-14H2,1-2H3,(H,24,30)(H,25,26,27,28). The molecule has 0 saturated heterocycles. The van der Waals surface area contributed by atoms with Crippen LogP contribution in [0.4, 0.5) is 0 Å². The quantitative estimate of drug-likeness (QED) is 0.363. The van der Waals surface area contributed by atoms with Crippen LogP contribution in [0.25, 0.3) is 0 Å². The molecular formula is C23H27N5O4S2. The lowest BCUT2D eigenvalue weighted by molar-refractivity contribution is -0.148. The van der Waals surface area contributed by atoms with E-state index in [1.807, 2.05) is 36.4 Å². The number of thioether (sulfide) groups is 1. The van der Waals surface area contributed by atoms with Crippen molar-refractivity contribution in [1.29, 1.82) is 0 Å². The number of aromatic nitrogens is 4. The fourth-order valence-corrected chi connectivity index (χ4v) is 5.09. The van der Waals surface area contributed by atoms with Crippen molar-refractivity contribution in [3.8, 4) is 0 Å². The summed E-state index contributed by atoms with van der Waals surface area (Å²) in [6.07, 6.45) is 1.70. The summed E-state index contributed by atoms with van der Waals surface area (Å²) in [5.74, 6) is -0.366. The van der Waals surface area contributed by atoms with Crippen LogP contribution in [0.3, 0.4) is 0 Å². The van der Waals surface area contributed by atoms with Crippen LogP contribution in [-0.4, -0.2) is 50.0 Å². The molecule has 11 heteroatoms. The van der Waals surface area contributed by atoms with Crippen molar-refractivity contribution in [3.63, 3.8) is 0 Å². The third kappa shape index (κ3) is 7.77. The minimum Gasteiger partial charge on any atom is -0.464 e. The van der Waals surface area contributed by atoms with E-state index < -0.39 is 17.9 Å². The Hall–Kier alpha value is -3.05. The number of carbonyl (C=O) groups excluding carboxylic acids is 3. The fourth-order valence-electron chi connectivity index (χ4n) is 3.28. The van der Waals surface area contributed by atoms with Crippen molar-refractivity contribution in [2.24, 2.45) is 5.92 Å². The Kier molecular flexibility index (Phi) is 9.77. The number of hydrogen-bond acceptors (Lipinski definition) is 9. The Morgan fingerprint density at radius 2 is 1.97 bits per heavy atom. The van der Waals surface area contributed by atoms with Gasteiger partial charge in [-0.15, -0.1) is 21.5 Å². The predicted octanol–water partition coefficient (Wildman–Crippen LogP) is 3.10. The van der Waals surface area contributed by atoms with Gasteiger partial charge in [0.15, 0.2) is 17.0 Å². The van der Waals surface area contributed by atoms with Gasteiger partial charge in [-0.2, -0.15) is 5.21 Å². The van der Waals surface area contributed by atoms with Gasteiger partial charge in [-0.25, -0.2) is 4.79 Å². The van der Waals surface area contributed by atoms with Crippen LogP contribution in [0.5, 0.6) is 0 Å². The molecule has 2 unspecified atom stereocenters. The largest absolute Gasteiger partial charge is 0.464 e. The van der Waals surface area contributed by atoms with Crippen molar-refractivity contribution in [2.75, 3.05) is 12.4 Å². The molecule has 0 aliphatic heterocycles. The number of ether oxygens (including phenoxy) is 1. The number of thiophene rings is 1. The van der Waals surface area contributed by atoms with E-state index in [0.717, 1.165) is 22.2 Å². The molecule has 180 valence electrons. The van der Waals surface area contributed by atoms with E-state index in [2.05, 4.69) is 25.9 Å². The summed E-state index contributed by atoms with van der Waals surface area (Å²) < 4.78 is 5.24. The zero-order valence-electron chi connectivity index (χ0n) is 19.0. The molecule has 2 N–H and O–H groups in total. The minimum atomic E-state index is -0.932. The van der Waals surface area contributed by atoms with Gasteiger partial charge in [0.25, 0.3) is 0 Å². The molecular weight excluding hydrogens is 474 g/mol. The third-order valence-corrected chi connectivity index (χ3v) is 7.11. The molecule has 0 aliphatic carbocycles. The number of benzene rings is 1. The number of tetrazole rings is 1. The van der Waals surface area contributed by atoms with Crippen molar-refractivity contribution >= 4 is 40.1 Å². The summed E-state index contributed by atoms with van der Waals surface area (Å²) in [6, 6.07) is 12.6. The molecule has 0 saturated carbocycles. The monoisotopic (exact) mass is 501 g/mol. The van der Waals surface area contributed by atoms with Crippen LogP contribution >= 0.6 is 23.1 Å². The first-order chi connectivity index (χ1) is 16.5. The van der Waals surface area contributed by atoms with Gasteiger partial charge in [-0.05, 0) is 37.5 Å². The Balaban J connectivity index is 1.73. The van der Waals surface area contributed by atoms with E-state index in [4.69, 9.17) is 4.74 Å². The van der Waals surface area contributed by atoms with Crippen LogP contribution in [0.2, 0.25) is 0 Å². The smallest absolute Gasteiger partial charge is 0.334 e. The first-order valence-electron chi connectivity index (χ1n) is 10.9. The molecule has 2 heterocycles. The highest BCUT2D eigenvalue weighted by Crippen LogP contribution is 2.27. The second-order valence-corrected chi connectivity index (χ2v) is 9.92. The van der Waals surface area contributed by atoms with Gasteiger partial charge >= 0.3 is 5.97 Å². The summed E-state index contributed by atoms with van der Waals surface area (Å²) in [6.45, 7) is 3.40. The van der Waals surface area contributed by atoms with Crippen LogP contribution in [0.15, 0.2) is 42.5 Å². The maximum atomic E-state index is 13.3. The summed E-state index contributed by atoms with van der Waals surface area (Å²) >= 11 is 2.49. The molecule has 3 aromatic rings. The normalized spacial score (nSPS) is 12.6. The summed E-state index contributed by atoms with van der Waals surface area (Å²) in [5.41, 5.74) is 1.11. The van der Waals surface area contributed by atoms with E-state index in [-0.39, 0.29) is 17.6 Å². The van der Waals surface area contributed by atoms with E-state index >= 15 is 0 Å². The maximum Gasteiger partial charge on any atom is 0.334 e. The number of nitrogens with zero attached hydrogens (tertiary/aromatic N) is 3. The van der Waals surface area contributed by atoms with Gasteiger partial charge in [0.05, 0.1) is 6.61 Å². The van der Waals surface area contributed by atoms with Gasteiger partial charge in [-0.3, -0.25) is 9.59 Å². The Morgan fingerprint density at radius 1 is 1.18 bits per heavy atom. The third-order valence-electron chi connectivity index (χ3n) is 4.98. The highest BCUT2D eigenvalue weighted by molar-refractivity contribution is 8.13. The molecule has 0 fully saturated rings. The van der Waals surface area contributed by atoms with Crippen molar-refractivity contribution in [3.05, 3.63) is 63.6 Å². The fraction of sp³-hybridized carbons (Fsp3) is 0.391. The molecule has 0 bridgehead atoms. The molecule has 1 amide bonds. The summed E-state index contributed by atoms with van der Waals surface area (Å²) in [5, 5.41) is 16.7. The Bertz CT molecular complexity index is 1070. The van der Waals surface area contributed by atoms with Gasteiger partial charge in [-0.1, -0.05) is 47.3 Å². The number of aryl methyl sites for hydroxylation is 1. The average molecular weight is 502 g/mol. The van der Waals surface area contributed by atoms with Crippen molar-refractivity contribution in [1.82, 2.24) is 25.9 Å². The van der Waals surface area contributed by atoms with Crippen LogP contribution in [0.1, 0.15) is 47.5 Å². The minimum absolute atomic E-state index is 0.0520. The highest BCUT2D eigenvalue weighted by Gasteiger charge is 2.29. The number of amides is 1. The molecule has 0 radical (unpaired) electrons. The Labute approximate surface area is 206 Å². The molecule has 2 aromatic heterocycles. The van der Waals surface area contributed by atoms with E-state index in [1.54, 1.807) is 13.0 Å². The number of H-pyrrole nitrogens is 1. The SMILES string of the molecule is CCOC(=O)C(NC(=O)C(CCc1ccccc1)CSC(C)=O)c1ccc(Cc2nn[nH]n2)s1. The van der Waals surface area contributed by atoms with E-state index in [1.165, 1.54) is 18.3 Å². The molecule has 1 aromatic carbocycles. The van der Waals surface area contributed by atoms with Gasteiger partial charge in [0.2, 0.25) is 5.91 Å². The van der Waals surface area contributed by atoms with Gasteiger partial charge in [0.1, 0.15) is 0 Å². The topological polar surface area (TPSA) is 127 Å². The molecule has 0 spiro atoms. The van der Waals surface area contributed by atoms with Gasteiger partial charge < -0.3 is 10.1 Å². The maximum absolute atomic E-state index is 13.3. The molecule has 3 rings (SSSR count). The van der Waals surface area contributed by atoms with E-state index in [9.17, 15) is 14.4 Å². The lowest BCUT2D eigenvalue weighted by Crippen LogP contribution is -2.39. The van der Waals surface area contributed by atoms with Crippen LogP contribution in [0, 0.1) is 5.92 Å². The van der Waals surface area contributed by atoms with E-state index in [0.29, 0.717) is 35.7 Å². The van der Waals surface area contributed by atoms with Crippen molar-refractivity contribution < 1.29 is 19.1 Å². The molecule has 2 atom stereocenters. The summed E-state index contributed by atoms with van der Waals surface area (Å²) in [4.78, 5) is 39.1. The van der Waals surface area contributed by atoms with Crippen LogP contribution < -0.4 is 5.32 Å². The zero-order chi connectivity index (χ0) is 24.3. The van der Waals surface area contributed by atoms with Crippen molar-refractivity contribution in [2.45, 2.75) is 39.2 Å². The second-order valence-electron chi connectivity index (χ2n) is 7.53. The number of hydrogen-bond donors (Lipinski definition) is 2. The zero-order valence-corrected chi connectivity index (χ0v) is 20.7. The molecule has 0 aliphatic rings. The lowest BCUT2D eigenvalue weighted by atomic mass is 9.99. The lowest BCUT2D eigenvalue weighted by Gasteiger charge is -2.21. The molecule has 34 heavy (non-hydrogen) atoms. The summed E-state index contributed by atoms with van der Waals surface area (Å²) in [7, 11) is 0. The Morgan fingerprint density at radius 3 is 2.65 bits per heavy atom. The second kappa shape index (κ2) is 13.0. The van der Waals surface area contributed by atoms with Crippen LogP contribution in [-0.2, 0) is 32.0 Å². The predicted molar refractivity (Wildman–Crippen MR) is 130 cm³/mol. The number of rotatable bonds is 12.